The number of ether oxygens (including phenoxy) is 2. The number of carbonyl (C=O) groups is 1. The first kappa shape index (κ1) is 15.6. The molecule has 0 saturated carbocycles. The van der Waals surface area contributed by atoms with Crippen LogP contribution in [0.15, 0.2) is 30.5 Å². The fourth-order valence-corrected chi connectivity index (χ4v) is 4.37. The molecular weight excluding hydrogens is 324 g/mol. The molecule has 0 atom stereocenters. The molecule has 1 aromatic carbocycles. The van der Waals surface area contributed by atoms with E-state index in [2.05, 4.69) is 41.1 Å². The molecule has 2 aliphatic rings. The van der Waals surface area contributed by atoms with E-state index in [1.807, 2.05) is 6.20 Å². The molecule has 2 aliphatic heterocycles. The number of aryl methyl sites for hydroxylation is 1. The number of likely N-dealkylation sites (tertiary alicyclic amines) is 1. The summed E-state index contributed by atoms with van der Waals surface area (Å²) in [7, 11) is 0. The highest BCUT2D eigenvalue weighted by Gasteiger charge is 2.44. The van der Waals surface area contributed by atoms with Crippen LogP contribution in [0.4, 0.5) is 4.79 Å². The number of hydrogen-bond acceptors (Lipinski definition) is 6. The zero-order chi connectivity index (χ0) is 16.6. The Morgan fingerprint density at radius 2 is 2.08 bits per heavy atom. The van der Waals surface area contributed by atoms with E-state index in [-0.39, 0.29) is 5.60 Å². The molecule has 126 valence electrons. The van der Waals surface area contributed by atoms with Gasteiger partial charge >= 0.3 is 6.16 Å². The van der Waals surface area contributed by atoms with Crippen molar-refractivity contribution >= 4 is 17.5 Å². The van der Waals surface area contributed by atoms with Crippen molar-refractivity contribution in [2.75, 3.05) is 19.7 Å². The largest absolute Gasteiger partial charge is 0.509 e. The van der Waals surface area contributed by atoms with Crippen LogP contribution in [0.3, 0.4) is 0 Å². The van der Waals surface area contributed by atoms with Gasteiger partial charge in [-0.3, -0.25) is 4.90 Å². The van der Waals surface area contributed by atoms with Gasteiger partial charge in [-0.05, 0) is 12.5 Å². The van der Waals surface area contributed by atoms with Crippen LogP contribution >= 0.6 is 11.3 Å². The lowest BCUT2D eigenvalue weighted by atomic mass is 9.92. The molecule has 0 aliphatic carbocycles. The third-order valence-corrected chi connectivity index (χ3v) is 5.84. The zero-order valence-electron chi connectivity index (χ0n) is 13.7. The minimum Gasteiger partial charge on any atom is -0.430 e. The predicted octanol–water partition coefficient (Wildman–Crippen LogP) is 3.62. The van der Waals surface area contributed by atoms with Gasteiger partial charge in [0.2, 0.25) is 0 Å². The van der Waals surface area contributed by atoms with Gasteiger partial charge in [-0.25, -0.2) is 9.78 Å². The molecule has 6 heteroatoms. The molecule has 5 nitrogen and oxygen atoms in total. The first-order valence-electron chi connectivity index (χ1n) is 8.22. The zero-order valence-corrected chi connectivity index (χ0v) is 14.5. The number of cyclic esters (lactones) is 1. The molecule has 0 bridgehead atoms. The first-order chi connectivity index (χ1) is 11.6. The van der Waals surface area contributed by atoms with Gasteiger partial charge in [0.05, 0.1) is 0 Å². The van der Waals surface area contributed by atoms with Crippen molar-refractivity contribution in [1.82, 2.24) is 9.88 Å². The van der Waals surface area contributed by atoms with Crippen molar-refractivity contribution in [3.8, 4) is 10.6 Å². The van der Waals surface area contributed by atoms with E-state index in [9.17, 15) is 4.79 Å². The Kier molecular flexibility index (Phi) is 4.02. The molecule has 24 heavy (non-hydrogen) atoms. The Balaban J connectivity index is 1.39. The predicted molar refractivity (Wildman–Crippen MR) is 92.0 cm³/mol. The number of aromatic nitrogens is 1. The van der Waals surface area contributed by atoms with Crippen molar-refractivity contribution in [1.29, 1.82) is 0 Å². The summed E-state index contributed by atoms with van der Waals surface area (Å²) in [6, 6.07) is 8.34. The second-order valence-electron chi connectivity index (χ2n) is 6.55. The molecule has 0 radical (unpaired) electrons. The average Bonchev–Trinajstić information content (AvgIpc) is 3.18. The second kappa shape index (κ2) is 6.18. The Morgan fingerprint density at radius 3 is 2.79 bits per heavy atom. The van der Waals surface area contributed by atoms with Crippen molar-refractivity contribution in [2.45, 2.75) is 31.9 Å². The van der Waals surface area contributed by atoms with Gasteiger partial charge in [0, 0.05) is 49.1 Å². The minimum atomic E-state index is -0.520. The van der Waals surface area contributed by atoms with Crippen LogP contribution in [0.5, 0.6) is 0 Å². The van der Waals surface area contributed by atoms with Crippen LogP contribution in [-0.4, -0.2) is 41.3 Å². The summed E-state index contributed by atoms with van der Waals surface area (Å²) in [5.74, 6) is 0. The van der Waals surface area contributed by atoms with Crippen molar-refractivity contribution in [3.63, 3.8) is 0 Å². The van der Waals surface area contributed by atoms with Crippen LogP contribution in [0.1, 0.15) is 23.3 Å². The van der Waals surface area contributed by atoms with Crippen LogP contribution < -0.4 is 0 Å². The van der Waals surface area contributed by atoms with Gasteiger partial charge in [-0.15, -0.1) is 11.3 Å². The molecule has 2 aromatic rings. The summed E-state index contributed by atoms with van der Waals surface area (Å²) in [6.07, 6.45) is 3.13. The number of nitrogens with zero attached hydrogens (tertiary/aromatic N) is 2. The van der Waals surface area contributed by atoms with Crippen molar-refractivity contribution in [3.05, 3.63) is 40.9 Å². The smallest absolute Gasteiger partial charge is 0.430 e. The summed E-state index contributed by atoms with van der Waals surface area (Å²) in [4.78, 5) is 19.4. The molecule has 1 spiro atoms. The molecular formula is C18H20N2O3S. The number of hydrogen-bond donors (Lipinski definition) is 0. The van der Waals surface area contributed by atoms with E-state index < -0.39 is 6.16 Å². The Hall–Kier alpha value is -1.92. The highest BCUT2D eigenvalue weighted by Crippen LogP contribution is 2.33. The van der Waals surface area contributed by atoms with E-state index >= 15 is 0 Å². The van der Waals surface area contributed by atoms with E-state index in [0.717, 1.165) is 37.5 Å². The molecule has 2 saturated heterocycles. The highest BCUT2D eigenvalue weighted by molar-refractivity contribution is 7.15. The molecule has 1 aromatic heterocycles. The van der Waals surface area contributed by atoms with Gasteiger partial charge < -0.3 is 9.47 Å². The average molecular weight is 344 g/mol. The summed E-state index contributed by atoms with van der Waals surface area (Å²) in [5, 5.41) is 1.08. The fourth-order valence-electron chi connectivity index (χ4n) is 3.33. The minimum absolute atomic E-state index is 0.381. The maximum Gasteiger partial charge on any atom is 0.509 e. The topological polar surface area (TPSA) is 51.7 Å². The number of carbonyl (C=O) groups excluding carboxylic acids is 1. The molecule has 0 amide bonds. The van der Waals surface area contributed by atoms with E-state index in [1.54, 1.807) is 11.3 Å². The van der Waals surface area contributed by atoms with Crippen LogP contribution in [-0.2, 0) is 16.0 Å². The normalized spacial score (nSPS) is 20.1. The number of rotatable bonds is 3. The van der Waals surface area contributed by atoms with Crippen LogP contribution in [0.2, 0.25) is 0 Å². The van der Waals surface area contributed by atoms with E-state index in [0.29, 0.717) is 6.61 Å². The first-order valence-corrected chi connectivity index (χ1v) is 9.04. The third kappa shape index (κ3) is 3.03. The monoisotopic (exact) mass is 344 g/mol. The lowest BCUT2D eigenvalue weighted by molar-refractivity contribution is -0.00141. The lowest BCUT2D eigenvalue weighted by Gasteiger charge is -2.35. The fraction of sp³-hybridized carbons (Fsp3) is 0.444. The quantitative estimate of drug-likeness (QED) is 0.796. The molecule has 4 rings (SSSR count). The lowest BCUT2D eigenvalue weighted by Crippen LogP contribution is -2.45. The van der Waals surface area contributed by atoms with Gasteiger partial charge in [0.1, 0.15) is 11.6 Å². The number of piperidine rings is 1. The molecule has 0 N–H and O–H groups in total. The molecule has 2 fully saturated rings. The maximum atomic E-state index is 11.2. The summed E-state index contributed by atoms with van der Waals surface area (Å²) >= 11 is 1.76. The van der Waals surface area contributed by atoms with Gasteiger partial charge in [0.15, 0.2) is 5.60 Å². The molecule has 3 heterocycles. The van der Waals surface area contributed by atoms with Gasteiger partial charge in [-0.1, -0.05) is 24.3 Å². The van der Waals surface area contributed by atoms with Crippen molar-refractivity contribution in [2.24, 2.45) is 0 Å². The standard InChI is InChI=1S/C18H20N2O3S/c1-13-4-2-3-5-15(13)16-19-10-14(24-16)11-20-8-6-18(7-9-20)12-22-17(21)23-18/h2-5,10H,6-9,11-12H2,1H3. The second-order valence-corrected chi connectivity index (χ2v) is 7.66. The Morgan fingerprint density at radius 1 is 1.29 bits per heavy atom. The summed E-state index contributed by atoms with van der Waals surface area (Å²) in [6.45, 7) is 5.24. The Labute approximate surface area is 145 Å². The molecule has 0 unspecified atom stereocenters. The van der Waals surface area contributed by atoms with Crippen LogP contribution in [0.25, 0.3) is 10.6 Å². The summed E-state index contributed by atoms with van der Waals surface area (Å²) < 4.78 is 10.3. The highest BCUT2D eigenvalue weighted by atomic mass is 32.1. The third-order valence-electron chi connectivity index (χ3n) is 4.83. The van der Waals surface area contributed by atoms with Crippen molar-refractivity contribution < 1.29 is 14.3 Å². The Bertz CT molecular complexity index is 750. The van der Waals surface area contributed by atoms with Gasteiger partial charge in [0.25, 0.3) is 0 Å². The van der Waals surface area contributed by atoms with E-state index in [1.165, 1.54) is 16.0 Å². The SMILES string of the molecule is Cc1ccccc1-c1ncc(CN2CCC3(CC2)COC(=O)O3)s1. The number of benzene rings is 1. The van der Waals surface area contributed by atoms with Gasteiger partial charge in [-0.2, -0.15) is 0 Å². The van der Waals surface area contributed by atoms with Crippen LogP contribution in [0, 0.1) is 6.92 Å². The summed E-state index contributed by atoms with van der Waals surface area (Å²) in [5.41, 5.74) is 2.08. The maximum absolute atomic E-state index is 11.2. The number of thiazole rings is 1. The van der Waals surface area contributed by atoms with E-state index in [4.69, 9.17) is 9.47 Å².